The Labute approximate surface area is 184 Å². The highest BCUT2D eigenvalue weighted by molar-refractivity contribution is 6.02. The van der Waals surface area contributed by atoms with Gasteiger partial charge >= 0.3 is 0 Å². The Balaban J connectivity index is 1.83. The van der Waals surface area contributed by atoms with Crippen molar-refractivity contribution in [3.63, 3.8) is 0 Å². The molecule has 0 radical (unpaired) electrons. The van der Waals surface area contributed by atoms with Gasteiger partial charge in [0.05, 0.1) is 47.6 Å². The molecule has 3 rings (SSSR count). The number of ether oxygens (including phenoxy) is 1. The van der Waals surface area contributed by atoms with E-state index in [1.165, 1.54) is 0 Å². The minimum Gasteiger partial charge on any atom is -0.495 e. The quantitative estimate of drug-likeness (QED) is 0.734. The predicted molar refractivity (Wildman–Crippen MR) is 123 cm³/mol. The summed E-state index contributed by atoms with van der Waals surface area (Å²) in [6.07, 6.45) is 4.44. The molecule has 0 bridgehead atoms. The molecule has 2 aromatic rings. The Morgan fingerprint density at radius 2 is 1.87 bits per heavy atom. The van der Waals surface area contributed by atoms with E-state index in [0.717, 1.165) is 56.2 Å². The van der Waals surface area contributed by atoms with Gasteiger partial charge in [0.15, 0.2) is 0 Å². The molecule has 8 nitrogen and oxygen atoms in total. The molecule has 1 aliphatic rings. The van der Waals surface area contributed by atoms with Gasteiger partial charge in [0.2, 0.25) is 0 Å². The second kappa shape index (κ2) is 10.0. The van der Waals surface area contributed by atoms with Crippen LogP contribution in [0.1, 0.15) is 29.3 Å². The fourth-order valence-electron chi connectivity index (χ4n) is 3.72. The summed E-state index contributed by atoms with van der Waals surface area (Å²) >= 11 is 0. The standard InChI is InChI=1S/C23H30N6O2/c1-5-8-26-22-18(23(30)27(2)3)15-25-16-20(22)29-11-9-28(10-12-29)19-7-6-17(14-24)13-21(19)31-4/h6-7,13,15-16H,5,8-12H2,1-4H3,(H,25,26). The van der Waals surface area contributed by atoms with Gasteiger partial charge in [0.1, 0.15) is 5.75 Å². The van der Waals surface area contributed by atoms with Crippen LogP contribution in [-0.4, -0.2) is 69.7 Å². The number of anilines is 3. The third-order valence-electron chi connectivity index (χ3n) is 5.38. The first-order valence-electron chi connectivity index (χ1n) is 10.5. The van der Waals surface area contributed by atoms with Crippen LogP contribution in [0, 0.1) is 11.3 Å². The van der Waals surface area contributed by atoms with Crippen LogP contribution in [0.5, 0.6) is 5.75 Å². The normalized spacial score (nSPS) is 13.5. The Morgan fingerprint density at radius 3 is 2.45 bits per heavy atom. The number of carbonyl (C=O) groups is 1. The molecule has 0 unspecified atom stereocenters. The molecule has 164 valence electrons. The minimum absolute atomic E-state index is 0.0612. The molecule has 8 heteroatoms. The monoisotopic (exact) mass is 422 g/mol. The molecule has 1 amide bonds. The van der Waals surface area contributed by atoms with Crippen LogP contribution in [0.15, 0.2) is 30.6 Å². The lowest BCUT2D eigenvalue weighted by Gasteiger charge is -2.38. The maximum absolute atomic E-state index is 12.7. The topological polar surface area (TPSA) is 84.7 Å². The number of nitriles is 1. The third-order valence-corrected chi connectivity index (χ3v) is 5.38. The number of benzene rings is 1. The number of amides is 1. The minimum atomic E-state index is -0.0612. The SMILES string of the molecule is CCCNc1c(C(=O)N(C)C)cncc1N1CCN(c2ccc(C#N)cc2OC)CC1. The fourth-order valence-corrected chi connectivity index (χ4v) is 3.72. The van der Waals surface area contributed by atoms with Gasteiger partial charge in [-0.25, -0.2) is 0 Å². The maximum atomic E-state index is 12.7. The molecule has 1 aliphatic heterocycles. The number of nitrogens with zero attached hydrogens (tertiary/aromatic N) is 5. The van der Waals surface area contributed by atoms with Crippen LogP contribution in [-0.2, 0) is 0 Å². The van der Waals surface area contributed by atoms with Crippen LogP contribution in [0.2, 0.25) is 0 Å². The molecule has 1 N–H and O–H groups in total. The highest BCUT2D eigenvalue weighted by Crippen LogP contribution is 2.33. The zero-order valence-corrected chi connectivity index (χ0v) is 18.7. The molecule has 0 spiro atoms. The highest BCUT2D eigenvalue weighted by Gasteiger charge is 2.25. The first-order chi connectivity index (χ1) is 15.0. The van der Waals surface area contributed by atoms with Crippen molar-refractivity contribution in [1.82, 2.24) is 9.88 Å². The molecule has 1 aromatic carbocycles. The maximum Gasteiger partial charge on any atom is 0.257 e. The molecule has 0 saturated carbocycles. The van der Waals surface area contributed by atoms with Crippen LogP contribution < -0.4 is 19.9 Å². The summed E-state index contributed by atoms with van der Waals surface area (Å²) in [5.74, 6) is 0.645. The second-order valence-electron chi connectivity index (χ2n) is 7.68. The molecular weight excluding hydrogens is 392 g/mol. The average molecular weight is 423 g/mol. The summed E-state index contributed by atoms with van der Waals surface area (Å²) in [4.78, 5) is 23.2. The van der Waals surface area contributed by atoms with E-state index in [2.05, 4.69) is 33.1 Å². The molecule has 1 saturated heterocycles. The van der Waals surface area contributed by atoms with E-state index in [4.69, 9.17) is 10.00 Å². The van der Waals surface area contributed by atoms with Gasteiger partial charge in [-0.1, -0.05) is 6.92 Å². The third kappa shape index (κ3) is 4.82. The van der Waals surface area contributed by atoms with Crippen LogP contribution in [0.3, 0.4) is 0 Å². The van der Waals surface area contributed by atoms with E-state index in [0.29, 0.717) is 16.9 Å². The van der Waals surface area contributed by atoms with Crippen LogP contribution >= 0.6 is 0 Å². The van der Waals surface area contributed by atoms with Crippen molar-refractivity contribution >= 4 is 23.0 Å². The number of piperazine rings is 1. The number of aromatic nitrogens is 1. The summed E-state index contributed by atoms with van der Waals surface area (Å²) in [6.45, 7) is 6.04. The lowest BCUT2D eigenvalue weighted by Crippen LogP contribution is -2.47. The molecule has 2 heterocycles. The molecule has 31 heavy (non-hydrogen) atoms. The molecular formula is C23H30N6O2. The van der Waals surface area contributed by atoms with Crippen molar-refractivity contribution in [2.75, 3.05) is 69.0 Å². The average Bonchev–Trinajstić information content (AvgIpc) is 2.81. The molecule has 1 fully saturated rings. The zero-order valence-electron chi connectivity index (χ0n) is 18.7. The van der Waals surface area contributed by atoms with Gasteiger partial charge in [-0.15, -0.1) is 0 Å². The van der Waals surface area contributed by atoms with E-state index in [9.17, 15) is 4.79 Å². The van der Waals surface area contributed by atoms with Gasteiger partial charge < -0.3 is 24.8 Å². The van der Waals surface area contributed by atoms with Crippen molar-refractivity contribution in [2.45, 2.75) is 13.3 Å². The number of pyridine rings is 1. The smallest absolute Gasteiger partial charge is 0.257 e. The Morgan fingerprint density at radius 1 is 1.19 bits per heavy atom. The molecule has 0 aliphatic carbocycles. The van der Waals surface area contributed by atoms with Gasteiger partial charge in [0.25, 0.3) is 5.91 Å². The molecule has 0 atom stereocenters. The van der Waals surface area contributed by atoms with Gasteiger partial charge in [-0.2, -0.15) is 5.26 Å². The van der Waals surface area contributed by atoms with Crippen LogP contribution in [0.4, 0.5) is 17.1 Å². The first-order valence-corrected chi connectivity index (χ1v) is 10.5. The van der Waals surface area contributed by atoms with E-state index in [-0.39, 0.29) is 5.91 Å². The highest BCUT2D eigenvalue weighted by atomic mass is 16.5. The second-order valence-corrected chi connectivity index (χ2v) is 7.68. The number of carbonyl (C=O) groups excluding carboxylic acids is 1. The van der Waals surface area contributed by atoms with Crippen molar-refractivity contribution in [2.24, 2.45) is 0 Å². The van der Waals surface area contributed by atoms with E-state index in [1.54, 1.807) is 38.4 Å². The van der Waals surface area contributed by atoms with Crippen molar-refractivity contribution < 1.29 is 9.53 Å². The zero-order chi connectivity index (χ0) is 22.4. The lowest BCUT2D eigenvalue weighted by molar-refractivity contribution is 0.0828. The molecule has 1 aromatic heterocycles. The summed E-state index contributed by atoms with van der Waals surface area (Å²) in [7, 11) is 5.13. The number of hydrogen-bond donors (Lipinski definition) is 1. The number of rotatable bonds is 7. The summed E-state index contributed by atoms with van der Waals surface area (Å²) in [6, 6.07) is 7.69. The van der Waals surface area contributed by atoms with Crippen molar-refractivity contribution in [3.05, 3.63) is 41.7 Å². The van der Waals surface area contributed by atoms with Crippen molar-refractivity contribution in [1.29, 1.82) is 5.26 Å². The predicted octanol–water partition coefficient (Wildman–Crippen LogP) is 2.81. The first kappa shape index (κ1) is 22.2. The number of nitrogens with one attached hydrogen (secondary N) is 1. The Kier molecular flexibility index (Phi) is 7.19. The van der Waals surface area contributed by atoms with Gasteiger partial charge in [-0.05, 0) is 18.6 Å². The summed E-state index contributed by atoms with van der Waals surface area (Å²) in [5.41, 5.74) is 3.96. The van der Waals surface area contributed by atoms with E-state index >= 15 is 0 Å². The Bertz CT molecular complexity index is 961. The number of hydrogen-bond acceptors (Lipinski definition) is 7. The number of methoxy groups -OCH3 is 1. The van der Waals surface area contributed by atoms with Crippen molar-refractivity contribution in [3.8, 4) is 11.8 Å². The van der Waals surface area contributed by atoms with E-state index < -0.39 is 0 Å². The lowest BCUT2D eigenvalue weighted by atomic mass is 10.1. The fraction of sp³-hybridized carbons (Fsp3) is 0.435. The Hall–Kier alpha value is -3.47. The summed E-state index contributed by atoms with van der Waals surface area (Å²) in [5, 5.41) is 12.6. The van der Waals surface area contributed by atoms with Crippen LogP contribution in [0.25, 0.3) is 0 Å². The largest absolute Gasteiger partial charge is 0.495 e. The van der Waals surface area contributed by atoms with E-state index in [1.807, 2.05) is 18.3 Å². The van der Waals surface area contributed by atoms with Gasteiger partial charge in [-0.3, -0.25) is 9.78 Å². The van der Waals surface area contributed by atoms with Gasteiger partial charge in [0, 0.05) is 59.1 Å². The summed E-state index contributed by atoms with van der Waals surface area (Å²) < 4.78 is 5.51.